The van der Waals surface area contributed by atoms with Crippen LogP contribution >= 0.6 is 23.1 Å². The number of nitrogens with one attached hydrogen (secondary N) is 2. The van der Waals surface area contributed by atoms with Gasteiger partial charge in [0.05, 0.1) is 17.7 Å². The van der Waals surface area contributed by atoms with Crippen LogP contribution in [-0.4, -0.2) is 28.2 Å². The van der Waals surface area contributed by atoms with Crippen molar-refractivity contribution in [1.29, 1.82) is 0 Å². The van der Waals surface area contributed by atoms with E-state index in [-0.39, 0.29) is 11.5 Å². The van der Waals surface area contributed by atoms with Crippen molar-refractivity contribution >= 4 is 44.9 Å². The summed E-state index contributed by atoms with van der Waals surface area (Å²) < 4.78 is 5.14. The molecule has 1 aliphatic carbocycles. The van der Waals surface area contributed by atoms with E-state index >= 15 is 0 Å². The topological polar surface area (TPSA) is 84.1 Å². The van der Waals surface area contributed by atoms with Crippen LogP contribution in [0, 0.1) is 0 Å². The van der Waals surface area contributed by atoms with Gasteiger partial charge in [0.2, 0.25) is 5.91 Å². The summed E-state index contributed by atoms with van der Waals surface area (Å²) in [7, 11) is 1.60. The summed E-state index contributed by atoms with van der Waals surface area (Å²) in [5.41, 5.74) is 5.29. The predicted octanol–water partition coefficient (Wildman–Crippen LogP) is 5.66. The Bertz CT molecular complexity index is 1410. The third-order valence-corrected chi connectivity index (χ3v) is 7.95. The van der Waals surface area contributed by atoms with Gasteiger partial charge in [-0.3, -0.25) is 9.59 Å². The van der Waals surface area contributed by atoms with Crippen molar-refractivity contribution in [3.63, 3.8) is 0 Å². The Balaban J connectivity index is 1.35. The van der Waals surface area contributed by atoms with E-state index in [1.807, 2.05) is 5.38 Å². The van der Waals surface area contributed by atoms with E-state index in [9.17, 15) is 9.59 Å². The number of anilines is 1. The zero-order valence-corrected chi connectivity index (χ0v) is 20.6. The number of H-pyrrole nitrogens is 1. The molecule has 0 bridgehead atoms. The highest BCUT2D eigenvalue weighted by atomic mass is 32.2. The maximum atomic E-state index is 13.0. The molecule has 2 heterocycles. The van der Waals surface area contributed by atoms with Gasteiger partial charge in [-0.1, -0.05) is 30.0 Å². The lowest BCUT2D eigenvalue weighted by Gasteiger charge is -2.16. The molecule has 5 rings (SSSR count). The number of amides is 1. The third-order valence-electron chi connectivity index (χ3n) is 6.10. The van der Waals surface area contributed by atoms with Gasteiger partial charge >= 0.3 is 0 Å². The van der Waals surface area contributed by atoms with Crippen LogP contribution in [0.2, 0.25) is 0 Å². The Morgan fingerprint density at radius 1 is 1.15 bits per heavy atom. The van der Waals surface area contributed by atoms with Gasteiger partial charge in [0.1, 0.15) is 10.6 Å². The van der Waals surface area contributed by atoms with E-state index in [2.05, 4.69) is 33.5 Å². The maximum absolute atomic E-state index is 13.0. The van der Waals surface area contributed by atoms with Crippen molar-refractivity contribution in [1.82, 2.24) is 9.97 Å². The number of carbonyl (C=O) groups excluding carboxylic acids is 1. The minimum atomic E-state index is -0.442. The predicted molar refractivity (Wildman–Crippen MR) is 139 cm³/mol. The average Bonchev–Trinajstić information content (AvgIpc) is 3.29. The lowest BCUT2D eigenvalue weighted by Crippen LogP contribution is -2.23. The Kier molecular flexibility index (Phi) is 6.43. The van der Waals surface area contributed by atoms with Gasteiger partial charge in [0.25, 0.3) is 5.56 Å². The molecule has 6 nitrogen and oxygen atoms in total. The summed E-state index contributed by atoms with van der Waals surface area (Å²) in [5.74, 6) is 0.556. The number of ether oxygens (including phenoxy) is 1. The second kappa shape index (κ2) is 9.64. The number of benzene rings is 2. The first kappa shape index (κ1) is 22.7. The number of thiophene rings is 1. The van der Waals surface area contributed by atoms with Crippen molar-refractivity contribution in [2.24, 2.45) is 0 Å². The largest absolute Gasteiger partial charge is 0.497 e. The van der Waals surface area contributed by atoms with E-state index in [0.29, 0.717) is 21.1 Å². The van der Waals surface area contributed by atoms with Crippen molar-refractivity contribution < 1.29 is 9.53 Å². The molecule has 1 amide bonds. The summed E-state index contributed by atoms with van der Waals surface area (Å²) in [5, 5.41) is 5.50. The van der Waals surface area contributed by atoms with Crippen LogP contribution in [0.4, 0.5) is 5.69 Å². The first-order valence-electron chi connectivity index (χ1n) is 11.3. The van der Waals surface area contributed by atoms with Crippen molar-refractivity contribution in [2.45, 2.75) is 43.0 Å². The molecule has 34 heavy (non-hydrogen) atoms. The molecule has 0 saturated heterocycles. The quantitative estimate of drug-likeness (QED) is 0.269. The zero-order valence-electron chi connectivity index (χ0n) is 19.0. The molecule has 174 valence electrons. The van der Waals surface area contributed by atoms with Crippen molar-refractivity contribution in [2.75, 3.05) is 12.4 Å². The highest BCUT2D eigenvalue weighted by molar-refractivity contribution is 8.00. The molecule has 2 aromatic carbocycles. The molecule has 1 aliphatic rings. The number of thioether (sulfide) groups is 1. The first-order chi connectivity index (χ1) is 16.5. The van der Waals surface area contributed by atoms with Gasteiger partial charge in [0, 0.05) is 16.6 Å². The van der Waals surface area contributed by atoms with Crippen LogP contribution in [0.15, 0.2) is 57.8 Å². The van der Waals surface area contributed by atoms with E-state index in [1.165, 1.54) is 47.1 Å². The molecule has 0 fully saturated rings. The van der Waals surface area contributed by atoms with Gasteiger partial charge in [0.15, 0.2) is 5.16 Å². The molecule has 1 atom stereocenters. The molecule has 0 radical (unpaired) electrons. The Morgan fingerprint density at radius 2 is 1.91 bits per heavy atom. The maximum Gasteiger partial charge on any atom is 0.260 e. The summed E-state index contributed by atoms with van der Waals surface area (Å²) in [6.45, 7) is 1.79. The number of fused-ring (bicyclic) bond motifs is 2. The summed E-state index contributed by atoms with van der Waals surface area (Å²) >= 11 is 2.69. The van der Waals surface area contributed by atoms with Gasteiger partial charge in [-0.2, -0.15) is 0 Å². The van der Waals surface area contributed by atoms with Gasteiger partial charge in [-0.05, 0) is 73.6 Å². The highest BCUT2D eigenvalue weighted by Crippen LogP contribution is 2.34. The number of aryl methyl sites for hydroxylation is 2. The van der Waals surface area contributed by atoms with Crippen LogP contribution < -0.4 is 15.6 Å². The van der Waals surface area contributed by atoms with E-state index in [1.54, 1.807) is 38.3 Å². The summed E-state index contributed by atoms with van der Waals surface area (Å²) in [6.07, 6.45) is 4.69. The van der Waals surface area contributed by atoms with Crippen molar-refractivity contribution in [3.05, 3.63) is 69.3 Å². The molecule has 0 aliphatic heterocycles. The molecule has 4 aromatic rings. The number of methoxy groups -OCH3 is 1. The number of nitrogens with zero attached hydrogens (tertiary/aromatic N) is 1. The smallest absolute Gasteiger partial charge is 0.260 e. The number of hydrogen-bond acceptors (Lipinski definition) is 6. The standard InChI is InChI=1S/C26H25N3O3S2/c1-15(23(30)27-19-9-11-20(32-2)12-10-19)34-26-28-24(31)22-21(14-33-25(22)29-26)18-8-7-16-5-3-4-6-17(16)13-18/h7-15H,3-6H2,1-2H3,(H,27,30)(H,28,29,31). The minimum absolute atomic E-state index is 0.168. The van der Waals surface area contributed by atoms with E-state index < -0.39 is 5.25 Å². The molecule has 0 saturated carbocycles. The fourth-order valence-electron chi connectivity index (χ4n) is 4.24. The van der Waals surface area contributed by atoms with Gasteiger partial charge in [-0.25, -0.2) is 4.98 Å². The van der Waals surface area contributed by atoms with Gasteiger partial charge < -0.3 is 15.0 Å². The fraction of sp³-hybridized carbons (Fsp3) is 0.269. The summed E-state index contributed by atoms with van der Waals surface area (Å²) in [6, 6.07) is 13.7. The highest BCUT2D eigenvalue weighted by Gasteiger charge is 2.19. The molecular formula is C26H25N3O3S2. The first-order valence-corrected chi connectivity index (χ1v) is 13.0. The number of carbonyl (C=O) groups is 1. The number of aromatic nitrogens is 2. The second-order valence-corrected chi connectivity index (χ2v) is 10.6. The Hall–Kier alpha value is -3.10. The number of rotatable bonds is 6. The van der Waals surface area contributed by atoms with Crippen LogP contribution in [-0.2, 0) is 17.6 Å². The fourth-order valence-corrected chi connectivity index (χ4v) is 6.04. The van der Waals surface area contributed by atoms with Crippen LogP contribution in [0.3, 0.4) is 0 Å². The van der Waals surface area contributed by atoms with Crippen LogP contribution in [0.25, 0.3) is 21.3 Å². The summed E-state index contributed by atoms with van der Waals surface area (Å²) in [4.78, 5) is 33.9. The van der Waals surface area contributed by atoms with Crippen molar-refractivity contribution in [3.8, 4) is 16.9 Å². The average molecular weight is 492 g/mol. The zero-order chi connectivity index (χ0) is 23.7. The molecular weight excluding hydrogens is 466 g/mol. The number of hydrogen-bond donors (Lipinski definition) is 2. The third kappa shape index (κ3) is 4.60. The molecule has 2 N–H and O–H groups in total. The van der Waals surface area contributed by atoms with Crippen LogP contribution in [0.1, 0.15) is 30.9 Å². The monoisotopic (exact) mass is 491 g/mol. The Labute approximate surface area is 205 Å². The SMILES string of the molecule is COc1ccc(NC(=O)C(C)Sc2nc3scc(-c4ccc5c(c4)CCCC5)c3c(=O)[nH]2)cc1. The second-order valence-electron chi connectivity index (χ2n) is 8.37. The molecule has 2 aromatic heterocycles. The Morgan fingerprint density at radius 3 is 2.68 bits per heavy atom. The number of aromatic amines is 1. The minimum Gasteiger partial charge on any atom is -0.497 e. The lowest BCUT2D eigenvalue weighted by atomic mass is 9.89. The van der Waals surface area contributed by atoms with E-state index in [0.717, 1.165) is 29.7 Å². The normalized spacial score (nSPS) is 13.9. The van der Waals surface area contributed by atoms with Crippen LogP contribution in [0.5, 0.6) is 5.75 Å². The molecule has 8 heteroatoms. The molecule has 1 unspecified atom stereocenters. The van der Waals surface area contributed by atoms with E-state index in [4.69, 9.17) is 4.74 Å². The lowest BCUT2D eigenvalue weighted by molar-refractivity contribution is -0.115. The van der Waals surface area contributed by atoms with Gasteiger partial charge in [-0.15, -0.1) is 11.3 Å². The molecule has 0 spiro atoms.